The summed E-state index contributed by atoms with van der Waals surface area (Å²) >= 11 is 0. The van der Waals surface area contributed by atoms with Gasteiger partial charge in [0.25, 0.3) is 0 Å². The topological polar surface area (TPSA) is 59.4 Å². The van der Waals surface area contributed by atoms with Gasteiger partial charge in [-0.2, -0.15) is 4.39 Å². The van der Waals surface area contributed by atoms with Crippen LogP contribution in [-0.2, 0) is 0 Å². The van der Waals surface area contributed by atoms with Crippen molar-refractivity contribution in [1.29, 1.82) is 0 Å². The summed E-state index contributed by atoms with van der Waals surface area (Å²) in [6, 6.07) is 9.45. The average molecular weight is 309 g/mol. The molecule has 0 aliphatic heterocycles. The molecule has 0 atom stereocenters. The van der Waals surface area contributed by atoms with Crippen molar-refractivity contribution in [2.24, 2.45) is 0 Å². The standard InChI is InChI=1S/C17H16FN5/c1-9(2)16-20-14-6-4-10(3)19-17(14)23(16)11-5-7-13-12(8-11)15(18)22-21-13/h4-9H,1-3H3,(H,21,22). The van der Waals surface area contributed by atoms with Crippen LogP contribution in [0.2, 0.25) is 0 Å². The van der Waals surface area contributed by atoms with Gasteiger partial charge < -0.3 is 0 Å². The molecule has 1 N–H and O–H groups in total. The van der Waals surface area contributed by atoms with E-state index in [2.05, 4.69) is 29.0 Å². The molecular weight excluding hydrogens is 293 g/mol. The number of H-pyrrole nitrogens is 1. The highest BCUT2D eigenvalue weighted by Crippen LogP contribution is 2.27. The van der Waals surface area contributed by atoms with Crippen molar-refractivity contribution in [3.05, 3.63) is 47.8 Å². The van der Waals surface area contributed by atoms with Crippen molar-refractivity contribution in [2.75, 3.05) is 0 Å². The first-order valence-electron chi connectivity index (χ1n) is 7.54. The fourth-order valence-corrected chi connectivity index (χ4v) is 2.82. The maximum Gasteiger partial charge on any atom is 0.240 e. The normalized spacial score (nSPS) is 11.9. The Labute approximate surface area is 132 Å². The Morgan fingerprint density at radius 3 is 2.74 bits per heavy atom. The molecule has 23 heavy (non-hydrogen) atoms. The van der Waals surface area contributed by atoms with E-state index in [-0.39, 0.29) is 5.92 Å². The molecule has 0 aliphatic rings. The van der Waals surface area contributed by atoms with Gasteiger partial charge in [-0.1, -0.05) is 13.8 Å². The molecule has 0 amide bonds. The SMILES string of the molecule is Cc1ccc2nc(C(C)C)n(-c3ccc4[nH]nc(F)c4c3)c2n1. The molecule has 0 spiro atoms. The van der Waals surface area contributed by atoms with Crippen LogP contribution in [-0.4, -0.2) is 24.7 Å². The van der Waals surface area contributed by atoms with Crippen LogP contribution >= 0.6 is 0 Å². The van der Waals surface area contributed by atoms with Gasteiger partial charge in [0.05, 0.1) is 10.9 Å². The van der Waals surface area contributed by atoms with E-state index >= 15 is 0 Å². The number of aromatic amines is 1. The quantitative estimate of drug-likeness (QED) is 0.611. The molecule has 0 radical (unpaired) electrons. The Kier molecular flexibility index (Phi) is 2.94. The lowest BCUT2D eigenvalue weighted by atomic mass is 10.2. The third-order valence-electron chi connectivity index (χ3n) is 3.94. The van der Waals surface area contributed by atoms with Crippen LogP contribution in [0.3, 0.4) is 0 Å². The van der Waals surface area contributed by atoms with E-state index in [1.54, 1.807) is 6.07 Å². The molecule has 0 fully saturated rings. The lowest BCUT2D eigenvalue weighted by molar-refractivity contribution is 0.588. The third-order valence-corrected chi connectivity index (χ3v) is 3.94. The van der Waals surface area contributed by atoms with Gasteiger partial charge in [0.15, 0.2) is 5.65 Å². The van der Waals surface area contributed by atoms with Crippen LogP contribution < -0.4 is 0 Å². The van der Waals surface area contributed by atoms with Crippen LogP contribution in [0.4, 0.5) is 4.39 Å². The summed E-state index contributed by atoms with van der Waals surface area (Å²) in [4.78, 5) is 9.33. The third kappa shape index (κ3) is 2.10. The number of hydrogen-bond acceptors (Lipinski definition) is 3. The van der Waals surface area contributed by atoms with Gasteiger partial charge in [0.1, 0.15) is 11.3 Å². The Morgan fingerprint density at radius 2 is 1.96 bits per heavy atom. The molecule has 4 rings (SSSR count). The number of halogens is 1. The molecule has 3 aromatic heterocycles. The second-order valence-corrected chi connectivity index (χ2v) is 6.00. The zero-order valence-corrected chi connectivity index (χ0v) is 13.1. The Morgan fingerprint density at radius 1 is 1.13 bits per heavy atom. The number of aryl methyl sites for hydroxylation is 1. The molecule has 0 unspecified atom stereocenters. The predicted molar refractivity (Wildman–Crippen MR) is 87.3 cm³/mol. The fraction of sp³-hybridized carbons (Fsp3) is 0.235. The highest BCUT2D eigenvalue weighted by Gasteiger charge is 2.17. The van der Waals surface area contributed by atoms with Gasteiger partial charge in [0.2, 0.25) is 5.95 Å². The summed E-state index contributed by atoms with van der Waals surface area (Å²) in [7, 11) is 0. The number of benzene rings is 1. The zero-order valence-electron chi connectivity index (χ0n) is 13.1. The minimum absolute atomic E-state index is 0.217. The number of pyridine rings is 1. The van der Waals surface area contributed by atoms with E-state index in [0.717, 1.165) is 28.4 Å². The minimum Gasteiger partial charge on any atom is -0.280 e. The van der Waals surface area contributed by atoms with Gasteiger partial charge in [-0.05, 0) is 37.3 Å². The summed E-state index contributed by atoms with van der Waals surface area (Å²) in [5, 5.41) is 6.76. The number of imidazole rings is 1. The number of nitrogens with one attached hydrogen (secondary N) is 1. The van der Waals surface area contributed by atoms with E-state index < -0.39 is 5.95 Å². The number of nitrogens with zero attached hydrogens (tertiary/aromatic N) is 4. The second kappa shape index (κ2) is 4.87. The van der Waals surface area contributed by atoms with Gasteiger partial charge in [-0.15, -0.1) is 5.10 Å². The van der Waals surface area contributed by atoms with Crippen molar-refractivity contribution < 1.29 is 4.39 Å². The zero-order chi connectivity index (χ0) is 16.1. The average Bonchev–Trinajstić information content (AvgIpc) is 3.08. The molecule has 4 aromatic rings. The molecule has 3 heterocycles. The smallest absolute Gasteiger partial charge is 0.240 e. The Bertz CT molecular complexity index is 1030. The van der Waals surface area contributed by atoms with Crippen LogP contribution in [0, 0.1) is 12.9 Å². The summed E-state index contributed by atoms with van der Waals surface area (Å²) < 4.78 is 15.8. The molecular formula is C17H16FN5. The first-order chi connectivity index (χ1) is 11.0. The molecule has 0 aliphatic carbocycles. The lowest BCUT2D eigenvalue weighted by Crippen LogP contribution is -2.04. The van der Waals surface area contributed by atoms with Gasteiger partial charge in [-0.3, -0.25) is 9.67 Å². The number of fused-ring (bicyclic) bond motifs is 2. The van der Waals surface area contributed by atoms with Crippen LogP contribution in [0.25, 0.3) is 27.8 Å². The number of rotatable bonds is 2. The monoisotopic (exact) mass is 309 g/mol. The summed E-state index contributed by atoms with van der Waals surface area (Å²) in [5.74, 6) is 0.622. The summed E-state index contributed by atoms with van der Waals surface area (Å²) in [6.45, 7) is 6.12. The molecule has 5 nitrogen and oxygen atoms in total. The fourth-order valence-electron chi connectivity index (χ4n) is 2.82. The van der Waals surface area contributed by atoms with E-state index in [1.807, 2.05) is 35.8 Å². The van der Waals surface area contributed by atoms with Crippen molar-refractivity contribution in [2.45, 2.75) is 26.7 Å². The highest BCUT2D eigenvalue weighted by molar-refractivity contribution is 5.82. The first kappa shape index (κ1) is 13.9. The molecule has 116 valence electrons. The largest absolute Gasteiger partial charge is 0.280 e. The van der Waals surface area contributed by atoms with E-state index in [4.69, 9.17) is 4.98 Å². The lowest BCUT2D eigenvalue weighted by Gasteiger charge is -2.11. The molecule has 0 saturated heterocycles. The molecule has 0 bridgehead atoms. The summed E-state index contributed by atoms with van der Waals surface area (Å²) in [5.41, 5.74) is 4.06. The first-order valence-corrected chi connectivity index (χ1v) is 7.54. The Hall–Kier alpha value is -2.76. The van der Waals surface area contributed by atoms with Gasteiger partial charge in [0, 0.05) is 17.3 Å². The molecule has 0 saturated carbocycles. The molecule has 6 heteroatoms. The summed E-state index contributed by atoms with van der Waals surface area (Å²) in [6.07, 6.45) is 0. The number of hydrogen-bond donors (Lipinski definition) is 1. The molecule has 1 aromatic carbocycles. The van der Waals surface area contributed by atoms with Crippen molar-refractivity contribution in [3.63, 3.8) is 0 Å². The van der Waals surface area contributed by atoms with Crippen LogP contribution in [0.15, 0.2) is 30.3 Å². The van der Waals surface area contributed by atoms with Crippen LogP contribution in [0.5, 0.6) is 0 Å². The van der Waals surface area contributed by atoms with Crippen molar-refractivity contribution in [3.8, 4) is 5.69 Å². The maximum absolute atomic E-state index is 13.8. The van der Waals surface area contributed by atoms with Crippen molar-refractivity contribution in [1.82, 2.24) is 24.7 Å². The van der Waals surface area contributed by atoms with Gasteiger partial charge >= 0.3 is 0 Å². The second-order valence-electron chi connectivity index (χ2n) is 6.00. The van der Waals surface area contributed by atoms with Crippen molar-refractivity contribution >= 4 is 22.1 Å². The minimum atomic E-state index is -0.499. The predicted octanol–water partition coefficient (Wildman–Crippen LogP) is 3.87. The van der Waals surface area contributed by atoms with E-state index in [9.17, 15) is 4.39 Å². The Balaban J connectivity index is 2.06. The van der Waals surface area contributed by atoms with E-state index in [0.29, 0.717) is 10.9 Å². The van der Waals surface area contributed by atoms with Gasteiger partial charge in [-0.25, -0.2) is 9.97 Å². The maximum atomic E-state index is 13.8. The highest BCUT2D eigenvalue weighted by atomic mass is 19.1. The van der Waals surface area contributed by atoms with Crippen LogP contribution in [0.1, 0.15) is 31.3 Å². The van der Waals surface area contributed by atoms with E-state index in [1.165, 1.54) is 0 Å². The number of aromatic nitrogens is 5.